The highest BCUT2D eigenvalue weighted by molar-refractivity contribution is 6.36. The third-order valence-electron chi connectivity index (χ3n) is 5.09. The van der Waals surface area contributed by atoms with Gasteiger partial charge in [-0.1, -0.05) is 37.0 Å². The molecule has 2 N–H and O–H groups in total. The van der Waals surface area contributed by atoms with Crippen molar-refractivity contribution in [1.29, 1.82) is 0 Å². The fourth-order valence-electron chi connectivity index (χ4n) is 3.53. The van der Waals surface area contributed by atoms with Crippen LogP contribution in [-0.4, -0.2) is 46.0 Å². The molecule has 0 bridgehead atoms. The van der Waals surface area contributed by atoms with E-state index in [1.165, 1.54) is 6.07 Å². The van der Waals surface area contributed by atoms with Crippen LogP contribution in [0.25, 0.3) is 0 Å². The van der Waals surface area contributed by atoms with Crippen LogP contribution in [0.15, 0.2) is 30.5 Å². The molecule has 0 aliphatic carbocycles. The lowest BCUT2D eigenvalue weighted by molar-refractivity contribution is -0.135. The van der Waals surface area contributed by atoms with Gasteiger partial charge in [0.25, 0.3) is 5.91 Å². The lowest BCUT2D eigenvalue weighted by Crippen LogP contribution is -2.53. The van der Waals surface area contributed by atoms with Crippen LogP contribution in [0.3, 0.4) is 0 Å². The topological polar surface area (TPSA) is 78.1 Å². The first-order chi connectivity index (χ1) is 13.4. The third-order valence-corrected chi connectivity index (χ3v) is 5.64. The van der Waals surface area contributed by atoms with Gasteiger partial charge in [0.1, 0.15) is 6.04 Å². The van der Waals surface area contributed by atoms with Crippen molar-refractivity contribution in [3.05, 3.63) is 51.8 Å². The first kappa shape index (κ1) is 20.7. The number of rotatable bonds is 5. The van der Waals surface area contributed by atoms with Crippen molar-refractivity contribution in [2.24, 2.45) is 5.92 Å². The molecule has 150 valence electrons. The Morgan fingerprint density at radius 2 is 2.07 bits per heavy atom. The average Bonchev–Trinajstić information content (AvgIpc) is 3.20. The van der Waals surface area contributed by atoms with Crippen LogP contribution < -0.4 is 5.32 Å². The van der Waals surface area contributed by atoms with Crippen molar-refractivity contribution in [2.45, 2.75) is 38.6 Å². The minimum Gasteiger partial charge on any atom is -0.340 e. The number of amides is 2. The monoisotopic (exact) mass is 422 g/mol. The lowest BCUT2D eigenvalue weighted by atomic mass is 9.93. The molecule has 8 heteroatoms. The van der Waals surface area contributed by atoms with E-state index in [4.69, 9.17) is 23.2 Å². The fraction of sp³-hybridized carbons (Fsp3) is 0.450. The van der Waals surface area contributed by atoms with Gasteiger partial charge in [-0.05, 0) is 43.0 Å². The molecule has 2 heterocycles. The molecular weight excluding hydrogens is 399 g/mol. The lowest BCUT2D eigenvalue weighted by Gasteiger charge is -2.35. The van der Waals surface area contributed by atoms with Crippen molar-refractivity contribution < 1.29 is 9.59 Å². The van der Waals surface area contributed by atoms with E-state index in [0.717, 1.165) is 18.5 Å². The Morgan fingerprint density at radius 3 is 2.71 bits per heavy atom. The van der Waals surface area contributed by atoms with Gasteiger partial charge in [0, 0.05) is 35.9 Å². The molecule has 1 aromatic carbocycles. The molecular formula is C20H24Cl2N4O2. The maximum absolute atomic E-state index is 13.2. The van der Waals surface area contributed by atoms with E-state index in [-0.39, 0.29) is 28.7 Å². The summed E-state index contributed by atoms with van der Waals surface area (Å²) in [4.78, 5) is 27.7. The number of aromatic amines is 1. The summed E-state index contributed by atoms with van der Waals surface area (Å²) >= 11 is 12.0. The standard InChI is InChI=1S/C20H24Cl2N4O2/c1-12(2)18(24-19(27)15-6-5-14(21)10-16(15)22)20(28)26-9-3-4-13(11-26)17-7-8-23-25-17/h5-8,10,12-13,18H,3-4,9,11H2,1-2H3,(H,23,25)(H,24,27). The van der Waals surface area contributed by atoms with Gasteiger partial charge in [-0.25, -0.2) is 0 Å². The van der Waals surface area contributed by atoms with Crippen LogP contribution >= 0.6 is 23.2 Å². The first-order valence-corrected chi connectivity index (χ1v) is 10.2. The summed E-state index contributed by atoms with van der Waals surface area (Å²) in [5.74, 6) is -0.280. The number of nitrogens with one attached hydrogen (secondary N) is 2. The Kier molecular flexibility index (Phi) is 6.62. The summed E-state index contributed by atoms with van der Waals surface area (Å²) in [6.45, 7) is 5.14. The minimum absolute atomic E-state index is 0.0601. The molecule has 2 atom stereocenters. The number of likely N-dealkylation sites (tertiary alicyclic amines) is 1. The zero-order chi connectivity index (χ0) is 20.3. The number of carbonyl (C=O) groups is 2. The van der Waals surface area contributed by atoms with Gasteiger partial charge in [-0.3, -0.25) is 14.7 Å². The van der Waals surface area contributed by atoms with Gasteiger partial charge in [0.2, 0.25) is 5.91 Å². The van der Waals surface area contributed by atoms with E-state index in [1.807, 2.05) is 24.8 Å². The van der Waals surface area contributed by atoms with E-state index in [0.29, 0.717) is 23.7 Å². The van der Waals surface area contributed by atoms with Crippen LogP contribution in [0.1, 0.15) is 48.7 Å². The van der Waals surface area contributed by atoms with Crippen molar-refractivity contribution in [1.82, 2.24) is 20.4 Å². The highest BCUT2D eigenvalue weighted by Crippen LogP contribution is 2.26. The summed E-state index contributed by atoms with van der Waals surface area (Å²) < 4.78 is 0. The zero-order valence-corrected chi connectivity index (χ0v) is 17.4. The van der Waals surface area contributed by atoms with Crippen LogP contribution in [0, 0.1) is 5.92 Å². The number of hydrogen-bond donors (Lipinski definition) is 2. The van der Waals surface area contributed by atoms with Gasteiger partial charge < -0.3 is 10.2 Å². The molecule has 28 heavy (non-hydrogen) atoms. The number of nitrogens with zero attached hydrogens (tertiary/aromatic N) is 2. The second-order valence-electron chi connectivity index (χ2n) is 7.45. The van der Waals surface area contributed by atoms with Crippen molar-refractivity contribution in [2.75, 3.05) is 13.1 Å². The smallest absolute Gasteiger partial charge is 0.253 e. The third kappa shape index (κ3) is 4.67. The van der Waals surface area contributed by atoms with Crippen LogP contribution in [-0.2, 0) is 4.79 Å². The first-order valence-electron chi connectivity index (χ1n) is 9.40. The van der Waals surface area contributed by atoms with Crippen molar-refractivity contribution >= 4 is 35.0 Å². The number of halogens is 2. The van der Waals surface area contributed by atoms with Crippen molar-refractivity contribution in [3.63, 3.8) is 0 Å². The van der Waals surface area contributed by atoms with E-state index in [2.05, 4.69) is 15.5 Å². The molecule has 2 unspecified atom stereocenters. The van der Waals surface area contributed by atoms with Gasteiger partial charge in [0.05, 0.1) is 10.6 Å². The summed E-state index contributed by atoms with van der Waals surface area (Å²) in [7, 11) is 0. The summed E-state index contributed by atoms with van der Waals surface area (Å²) in [5, 5.41) is 10.6. The predicted molar refractivity (Wildman–Crippen MR) is 110 cm³/mol. The van der Waals surface area contributed by atoms with Crippen LogP contribution in [0.2, 0.25) is 10.0 Å². The second-order valence-corrected chi connectivity index (χ2v) is 8.30. The molecule has 6 nitrogen and oxygen atoms in total. The van der Waals surface area contributed by atoms with E-state index in [1.54, 1.807) is 18.3 Å². The normalized spacial score (nSPS) is 18.2. The van der Waals surface area contributed by atoms with E-state index < -0.39 is 6.04 Å². The number of benzene rings is 1. The van der Waals surface area contributed by atoms with E-state index >= 15 is 0 Å². The van der Waals surface area contributed by atoms with E-state index in [9.17, 15) is 9.59 Å². The maximum Gasteiger partial charge on any atom is 0.253 e. The number of piperidine rings is 1. The quantitative estimate of drug-likeness (QED) is 0.766. The van der Waals surface area contributed by atoms with Crippen LogP contribution in [0.4, 0.5) is 0 Å². The Labute approximate surface area is 174 Å². The molecule has 1 fully saturated rings. The fourth-order valence-corrected chi connectivity index (χ4v) is 4.02. The maximum atomic E-state index is 13.2. The molecule has 2 aromatic rings. The van der Waals surface area contributed by atoms with Crippen LogP contribution in [0.5, 0.6) is 0 Å². The van der Waals surface area contributed by atoms with Gasteiger partial charge in [0.15, 0.2) is 0 Å². The summed E-state index contributed by atoms with van der Waals surface area (Å²) in [6.07, 6.45) is 3.64. The largest absolute Gasteiger partial charge is 0.340 e. The molecule has 3 rings (SSSR count). The molecule has 0 saturated carbocycles. The molecule has 1 saturated heterocycles. The number of carbonyl (C=O) groups excluding carboxylic acids is 2. The molecule has 1 aliphatic heterocycles. The Morgan fingerprint density at radius 1 is 1.29 bits per heavy atom. The van der Waals surface area contributed by atoms with Gasteiger partial charge in [-0.15, -0.1) is 0 Å². The summed E-state index contributed by atoms with van der Waals surface area (Å²) in [6, 6.07) is 6.01. The Bertz CT molecular complexity index is 839. The van der Waals surface area contributed by atoms with Gasteiger partial charge in [-0.2, -0.15) is 5.10 Å². The highest BCUT2D eigenvalue weighted by atomic mass is 35.5. The highest BCUT2D eigenvalue weighted by Gasteiger charge is 2.33. The zero-order valence-electron chi connectivity index (χ0n) is 15.9. The molecule has 1 aliphatic rings. The number of hydrogen-bond acceptors (Lipinski definition) is 3. The predicted octanol–water partition coefficient (Wildman–Crippen LogP) is 3.88. The Hall–Kier alpha value is -2.05. The minimum atomic E-state index is -0.625. The SMILES string of the molecule is CC(C)C(NC(=O)c1ccc(Cl)cc1Cl)C(=O)N1CCCC(c2ccn[nH]2)C1. The number of H-pyrrole nitrogens is 1. The number of aromatic nitrogens is 2. The van der Waals surface area contributed by atoms with Gasteiger partial charge >= 0.3 is 0 Å². The molecule has 0 spiro atoms. The average molecular weight is 423 g/mol. The Balaban J connectivity index is 1.72. The summed E-state index contributed by atoms with van der Waals surface area (Å²) in [5.41, 5.74) is 1.34. The molecule has 2 amide bonds. The molecule has 1 aromatic heterocycles. The van der Waals surface area contributed by atoms with Crippen molar-refractivity contribution in [3.8, 4) is 0 Å². The molecule has 0 radical (unpaired) electrons. The second kappa shape index (κ2) is 8.97.